The number of amides is 2. The van der Waals surface area contributed by atoms with Crippen LogP contribution in [0.4, 0.5) is 5.69 Å². The molecule has 0 aliphatic rings. The number of benzene rings is 2. The van der Waals surface area contributed by atoms with Gasteiger partial charge >= 0.3 is 0 Å². The van der Waals surface area contributed by atoms with Crippen LogP contribution in [-0.4, -0.2) is 60.1 Å². The quantitative estimate of drug-likeness (QED) is 0.245. The number of sulfonamides is 1. The van der Waals surface area contributed by atoms with Crippen molar-refractivity contribution in [2.45, 2.75) is 6.54 Å². The van der Waals surface area contributed by atoms with Crippen LogP contribution in [-0.2, 0) is 26.2 Å². The van der Waals surface area contributed by atoms with E-state index in [1.54, 1.807) is 48.5 Å². The smallest absolute Gasteiger partial charge is 0.260 e. The van der Waals surface area contributed by atoms with Crippen molar-refractivity contribution >= 4 is 33.7 Å². The maximum Gasteiger partial charge on any atom is 0.260 e. The van der Waals surface area contributed by atoms with Gasteiger partial charge in [-0.1, -0.05) is 0 Å². The van der Waals surface area contributed by atoms with Crippen molar-refractivity contribution in [3.05, 3.63) is 72.2 Å². The lowest BCUT2D eigenvalue weighted by molar-refractivity contribution is -0.123. The number of methoxy groups -OCH3 is 2. The number of anilines is 1. The van der Waals surface area contributed by atoms with E-state index in [1.807, 2.05) is 0 Å². The van der Waals surface area contributed by atoms with Gasteiger partial charge in [-0.15, -0.1) is 0 Å². The minimum Gasteiger partial charge on any atom is -0.497 e. The molecule has 0 fully saturated rings. The van der Waals surface area contributed by atoms with Crippen LogP contribution in [0.1, 0.15) is 11.3 Å². The Hall–Kier alpha value is -4.52. The molecule has 0 saturated carbocycles. The largest absolute Gasteiger partial charge is 0.497 e. The first-order chi connectivity index (χ1) is 18.2. The lowest BCUT2D eigenvalue weighted by Gasteiger charge is -2.23. The molecular formula is C25H28N4O8S. The molecule has 0 unspecified atom stereocenters. The molecule has 38 heavy (non-hydrogen) atoms. The first-order valence-electron chi connectivity index (χ1n) is 11.2. The standard InChI is InChI=1S/C25H28N4O8S/c1-34-20-10-11-23(35-2)22(13-20)29(38(3,32)33)16-24(30)28-27-14-18-6-8-19(9-7-18)37-17-25(31)26-15-21-5-4-12-36-21/h4-14H,15-17H2,1-3H3,(H,26,31)(H,28,30)/b27-14+. The molecule has 3 rings (SSSR count). The number of rotatable bonds is 13. The summed E-state index contributed by atoms with van der Waals surface area (Å²) in [5, 5.41) is 6.56. The van der Waals surface area contributed by atoms with Gasteiger partial charge in [0, 0.05) is 6.07 Å². The molecule has 0 atom stereocenters. The van der Waals surface area contributed by atoms with Gasteiger partial charge in [-0.2, -0.15) is 5.10 Å². The lowest BCUT2D eigenvalue weighted by atomic mass is 10.2. The minimum absolute atomic E-state index is 0.152. The molecular weight excluding hydrogens is 516 g/mol. The summed E-state index contributed by atoms with van der Waals surface area (Å²) in [5.41, 5.74) is 3.10. The maximum absolute atomic E-state index is 12.5. The van der Waals surface area contributed by atoms with E-state index in [1.165, 1.54) is 32.8 Å². The van der Waals surface area contributed by atoms with E-state index in [0.29, 0.717) is 22.8 Å². The number of hydrazone groups is 1. The van der Waals surface area contributed by atoms with Crippen molar-refractivity contribution < 1.29 is 36.6 Å². The van der Waals surface area contributed by atoms with Crippen LogP contribution in [0, 0.1) is 0 Å². The molecule has 13 heteroatoms. The van der Waals surface area contributed by atoms with Crippen LogP contribution >= 0.6 is 0 Å². The van der Waals surface area contributed by atoms with Gasteiger partial charge in [0.15, 0.2) is 6.61 Å². The van der Waals surface area contributed by atoms with Gasteiger partial charge in [-0.25, -0.2) is 13.8 Å². The van der Waals surface area contributed by atoms with Gasteiger partial charge < -0.3 is 23.9 Å². The van der Waals surface area contributed by atoms with Crippen LogP contribution in [0.15, 0.2) is 70.4 Å². The maximum atomic E-state index is 12.5. The third kappa shape index (κ3) is 8.27. The fourth-order valence-electron chi connectivity index (χ4n) is 3.17. The second kappa shape index (κ2) is 13.1. The first kappa shape index (κ1) is 28.1. The summed E-state index contributed by atoms with van der Waals surface area (Å²) in [7, 11) is -1.01. The molecule has 2 amide bonds. The van der Waals surface area contributed by atoms with Crippen molar-refractivity contribution in [2.75, 3.05) is 37.9 Å². The first-order valence-corrected chi connectivity index (χ1v) is 13.1. The van der Waals surface area contributed by atoms with E-state index in [2.05, 4.69) is 15.8 Å². The second-order valence-electron chi connectivity index (χ2n) is 7.81. The Kier molecular flexibility index (Phi) is 9.71. The summed E-state index contributed by atoms with van der Waals surface area (Å²) in [4.78, 5) is 24.4. The van der Waals surface area contributed by atoms with E-state index in [0.717, 1.165) is 10.6 Å². The second-order valence-corrected chi connectivity index (χ2v) is 9.72. The summed E-state index contributed by atoms with van der Waals surface area (Å²) in [6, 6.07) is 14.7. The normalized spacial score (nSPS) is 11.1. The van der Waals surface area contributed by atoms with Crippen molar-refractivity contribution in [1.29, 1.82) is 0 Å². The molecule has 2 N–H and O–H groups in total. The molecule has 1 heterocycles. The monoisotopic (exact) mass is 544 g/mol. The highest BCUT2D eigenvalue weighted by molar-refractivity contribution is 7.92. The number of nitrogens with zero attached hydrogens (tertiary/aromatic N) is 2. The van der Waals surface area contributed by atoms with Crippen LogP contribution in [0.2, 0.25) is 0 Å². The summed E-state index contributed by atoms with van der Waals surface area (Å²) < 4.78 is 46.7. The highest BCUT2D eigenvalue weighted by atomic mass is 32.2. The summed E-state index contributed by atoms with van der Waals surface area (Å²) in [6.45, 7) is -0.432. The van der Waals surface area contributed by atoms with Gasteiger partial charge in [0.2, 0.25) is 10.0 Å². The van der Waals surface area contributed by atoms with E-state index < -0.39 is 22.5 Å². The number of furan rings is 1. The third-order valence-corrected chi connectivity index (χ3v) is 6.16. The Labute approximate surface area is 220 Å². The van der Waals surface area contributed by atoms with E-state index in [4.69, 9.17) is 18.6 Å². The highest BCUT2D eigenvalue weighted by Gasteiger charge is 2.24. The predicted molar refractivity (Wildman–Crippen MR) is 140 cm³/mol. The molecule has 3 aromatic rings. The zero-order chi connectivity index (χ0) is 27.5. The van der Waals surface area contributed by atoms with Gasteiger partial charge in [-0.3, -0.25) is 13.9 Å². The molecule has 0 spiro atoms. The SMILES string of the molecule is COc1ccc(OC)c(N(CC(=O)N/N=C/c2ccc(OCC(=O)NCc3ccco3)cc2)S(C)(=O)=O)c1. The Balaban J connectivity index is 1.53. The number of hydrogen-bond donors (Lipinski definition) is 2. The third-order valence-electron chi connectivity index (χ3n) is 5.04. The molecule has 202 valence electrons. The van der Waals surface area contributed by atoms with E-state index >= 15 is 0 Å². The Bertz CT molecular complexity index is 1360. The van der Waals surface area contributed by atoms with Crippen molar-refractivity contribution in [1.82, 2.24) is 10.7 Å². The number of hydrogen-bond acceptors (Lipinski definition) is 9. The van der Waals surface area contributed by atoms with Crippen molar-refractivity contribution in [3.63, 3.8) is 0 Å². The zero-order valence-corrected chi connectivity index (χ0v) is 21.9. The average Bonchev–Trinajstić information content (AvgIpc) is 3.43. The number of ether oxygens (including phenoxy) is 3. The van der Waals surface area contributed by atoms with Gasteiger partial charge in [-0.05, 0) is 54.1 Å². The van der Waals surface area contributed by atoms with Crippen LogP contribution in [0.3, 0.4) is 0 Å². The van der Waals surface area contributed by atoms with E-state index in [-0.39, 0.29) is 30.5 Å². The zero-order valence-electron chi connectivity index (χ0n) is 21.0. The lowest BCUT2D eigenvalue weighted by Crippen LogP contribution is -2.39. The Morgan fingerprint density at radius 2 is 1.76 bits per heavy atom. The van der Waals surface area contributed by atoms with Crippen LogP contribution < -0.4 is 29.3 Å². The fraction of sp³-hybridized carbons (Fsp3) is 0.240. The number of carbonyl (C=O) groups excluding carboxylic acids is 2. The minimum atomic E-state index is -3.84. The van der Waals surface area contributed by atoms with Crippen molar-refractivity contribution in [2.24, 2.45) is 5.10 Å². The van der Waals surface area contributed by atoms with Gasteiger partial charge in [0.05, 0.1) is 45.2 Å². The fourth-order valence-corrected chi connectivity index (χ4v) is 4.02. The van der Waals surface area contributed by atoms with Gasteiger partial charge in [0.25, 0.3) is 11.8 Å². The molecule has 12 nitrogen and oxygen atoms in total. The number of carbonyl (C=O) groups is 2. The van der Waals surface area contributed by atoms with Crippen molar-refractivity contribution in [3.8, 4) is 17.2 Å². The van der Waals surface area contributed by atoms with Crippen LogP contribution in [0.25, 0.3) is 0 Å². The molecule has 2 aromatic carbocycles. The molecule has 0 saturated heterocycles. The molecule has 0 bridgehead atoms. The molecule has 0 aliphatic heterocycles. The number of nitrogens with one attached hydrogen (secondary N) is 2. The Morgan fingerprint density at radius 1 is 1.03 bits per heavy atom. The van der Waals surface area contributed by atoms with E-state index in [9.17, 15) is 18.0 Å². The average molecular weight is 545 g/mol. The Morgan fingerprint density at radius 3 is 2.39 bits per heavy atom. The summed E-state index contributed by atoms with van der Waals surface area (Å²) >= 11 is 0. The molecule has 1 aromatic heterocycles. The predicted octanol–water partition coefficient (Wildman–Crippen LogP) is 1.91. The molecule has 0 aliphatic carbocycles. The van der Waals surface area contributed by atoms with Crippen LogP contribution in [0.5, 0.6) is 17.2 Å². The topological polar surface area (TPSA) is 149 Å². The van der Waals surface area contributed by atoms with Gasteiger partial charge in [0.1, 0.15) is 29.6 Å². The summed E-state index contributed by atoms with van der Waals surface area (Å²) in [5.74, 6) is 0.787. The summed E-state index contributed by atoms with van der Waals surface area (Å²) in [6.07, 6.45) is 3.89. The highest BCUT2D eigenvalue weighted by Crippen LogP contribution is 2.33. The molecule has 0 radical (unpaired) electrons.